The zero-order valence-corrected chi connectivity index (χ0v) is 17.2. The van der Waals surface area contributed by atoms with Crippen molar-refractivity contribution < 1.29 is 9.59 Å². The lowest BCUT2D eigenvalue weighted by Crippen LogP contribution is -2.30. The van der Waals surface area contributed by atoms with Crippen molar-refractivity contribution in [3.8, 4) is 11.3 Å². The third-order valence-electron chi connectivity index (χ3n) is 4.72. The number of carbonyl (C=O) groups excluding carboxylic acids is 2. The summed E-state index contributed by atoms with van der Waals surface area (Å²) in [5, 5.41) is 8.00. The van der Waals surface area contributed by atoms with Crippen LogP contribution in [0.5, 0.6) is 0 Å². The fourth-order valence-electron chi connectivity index (χ4n) is 3.25. The molecule has 0 saturated carbocycles. The number of nitrogens with one attached hydrogen (secondary N) is 1. The van der Waals surface area contributed by atoms with Crippen LogP contribution in [0.25, 0.3) is 17.3 Å². The van der Waals surface area contributed by atoms with E-state index in [9.17, 15) is 9.59 Å². The number of carbonyl (C=O) groups is 2. The molecule has 1 amide bonds. The van der Waals surface area contributed by atoms with E-state index in [4.69, 9.17) is 12.2 Å². The summed E-state index contributed by atoms with van der Waals surface area (Å²) in [4.78, 5) is 25.9. The Morgan fingerprint density at radius 2 is 1.77 bits per heavy atom. The lowest BCUT2D eigenvalue weighted by atomic mass is 10.1. The number of rotatable bonds is 6. The molecule has 0 spiro atoms. The first-order chi connectivity index (χ1) is 14.5. The molecule has 1 N–H and O–H groups in total. The number of benzene rings is 2. The fourth-order valence-corrected chi connectivity index (χ4v) is 3.55. The van der Waals surface area contributed by atoms with Gasteiger partial charge in [0.05, 0.1) is 11.4 Å². The van der Waals surface area contributed by atoms with E-state index in [1.807, 2.05) is 66.9 Å². The molecule has 2 heterocycles. The van der Waals surface area contributed by atoms with Crippen LogP contribution >= 0.6 is 12.2 Å². The van der Waals surface area contributed by atoms with Crippen LogP contribution in [0.3, 0.4) is 0 Å². The van der Waals surface area contributed by atoms with Crippen molar-refractivity contribution in [2.75, 3.05) is 4.90 Å². The van der Waals surface area contributed by atoms with Crippen molar-refractivity contribution >= 4 is 40.8 Å². The van der Waals surface area contributed by atoms with Crippen molar-refractivity contribution in [3.05, 3.63) is 78.1 Å². The third-order valence-corrected chi connectivity index (χ3v) is 5.01. The molecule has 150 valence electrons. The maximum Gasteiger partial charge on any atom is 0.281 e. The Morgan fingerprint density at radius 1 is 1.10 bits per heavy atom. The second-order valence-corrected chi connectivity index (χ2v) is 7.37. The third kappa shape index (κ3) is 4.06. The van der Waals surface area contributed by atoms with E-state index in [1.54, 1.807) is 17.7 Å². The molecule has 1 aliphatic heterocycles. The predicted molar refractivity (Wildman–Crippen MR) is 121 cm³/mol. The summed E-state index contributed by atoms with van der Waals surface area (Å²) in [7, 11) is 0. The highest BCUT2D eigenvalue weighted by Crippen LogP contribution is 2.27. The first kappa shape index (κ1) is 19.7. The van der Waals surface area contributed by atoms with Gasteiger partial charge in [-0.3, -0.25) is 19.2 Å². The quantitative estimate of drug-likeness (QED) is 0.489. The number of ketones is 1. The number of hydrogen-bond acceptors (Lipinski definition) is 4. The van der Waals surface area contributed by atoms with Crippen LogP contribution < -0.4 is 10.2 Å². The lowest BCUT2D eigenvalue weighted by Gasteiger charge is -2.13. The minimum atomic E-state index is -0.221. The van der Waals surface area contributed by atoms with Crippen LogP contribution in [-0.4, -0.2) is 26.6 Å². The molecule has 1 aromatic heterocycles. The van der Waals surface area contributed by atoms with Gasteiger partial charge < -0.3 is 5.32 Å². The molecular formula is C23H20N4O2S. The highest BCUT2D eigenvalue weighted by atomic mass is 32.1. The van der Waals surface area contributed by atoms with Gasteiger partial charge in [-0.2, -0.15) is 5.10 Å². The molecule has 1 saturated heterocycles. The SMILES string of the molecule is CC(=O)CCn1cc(/C=C2/NC(=S)N(c3ccccc3)C2=O)c(-c2ccccc2)n1. The standard InChI is InChI=1S/C23H20N4O2S/c1-16(28)12-13-26-15-18(21(25-26)17-8-4-2-5-9-17)14-20-22(29)27(23(30)24-20)19-10-6-3-7-11-19/h2-11,14-15H,12-13H2,1H3,(H,24,30)/b20-14+. The Labute approximate surface area is 179 Å². The number of anilines is 1. The van der Waals surface area contributed by atoms with E-state index in [0.717, 1.165) is 16.8 Å². The van der Waals surface area contributed by atoms with E-state index in [1.165, 1.54) is 4.90 Å². The highest BCUT2D eigenvalue weighted by Gasteiger charge is 2.32. The maximum absolute atomic E-state index is 13.0. The summed E-state index contributed by atoms with van der Waals surface area (Å²) in [6, 6.07) is 19.0. The molecule has 1 fully saturated rings. The van der Waals surface area contributed by atoms with E-state index in [0.29, 0.717) is 29.5 Å². The largest absolute Gasteiger partial charge is 0.327 e. The number of hydrogen-bond donors (Lipinski definition) is 1. The van der Waals surface area contributed by atoms with Crippen LogP contribution in [-0.2, 0) is 16.1 Å². The van der Waals surface area contributed by atoms with Crippen molar-refractivity contribution in [2.45, 2.75) is 19.9 Å². The second-order valence-electron chi connectivity index (χ2n) is 6.98. The van der Waals surface area contributed by atoms with Crippen molar-refractivity contribution in [2.24, 2.45) is 0 Å². The van der Waals surface area contributed by atoms with Crippen LogP contribution in [0.2, 0.25) is 0 Å². The number of thiocarbonyl (C=S) groups is 1. The second kappa shape index (κ2) is 8.42. The molecule has 7 heteroatoms. The molecular weight excluding hydrogens is 396 g/mol. The summed E-state index contributed by atoms with van der Waals surface area (Å²) in [6.07, 6.45) is 4.01. The Balaban J connectivity index is 1.71. The monoisotopic (exact) mass is 416 g/mol. The normalized spacial score (nSPS) is 15.0. The molecule has 3 aromatic rings. The van der Waals surface area contributed by atoms with Gasteiger partial charge >= 0.3 is 0 Å². The molecule has 0 radical (unpaired) electrons. The van der Waals surface area contributed by atoms with Gasteiger partial charge in [0.2, 0.25) is 0 Å². The zero-order valence-electron chi connectivity index (χ0n) is 16.4. The average Bonchev–Trinajstić information content (AvgIpc) is 3.28. The van der Waals surface area contributed by atoms with Gasteiger partial charge in [0, 0.05) is 30.3 Å². The van der Waals surface area contributed by atoms with Gasteiger partial charge in [-0.25, -0.2) is 0 Å². The molecule has 1 aliphatic rings. The fraction of sp³-hybridized carbons (Fsp3) is 0.130. The molecule has 30 heavy (non-hydrogen) atoms. The highest BCUT2D eigenvalue weighted by molar-refractivity contribution is 7.80. The number of para-hydroxylation sites is 1. The lowest BCUT2D eigenvalue weighted by molar-refractivity contribution is -0.117. The summed E-state index contributed by atoms with van der Waals surface area (Å²) in [5.41, 5.74) is 3.54. The van der Waals surface area contributed by atoms with Crippen LogP contribution in [0.4, 0.5) is 5.69 Å². The first-order valence-electron chi connectivity index (χ1n) is 9.57. The topological polar surface area (TPSA) is 67.2 Å². The van der Waals surface area contributed by atoms with Crippen LogP contribution in [0.15, 0.2) is 72.6 Å². The minimum absolute atomic E-state index is 0.100. The maximum atomic E-state index is 13.0. The first-order valence-corrected chi connectivity index (χ1v) is 9.98. The molecule has 4 rings (SSSR count). The van der Waals surface area contributed by atoms with E-state index >= 15 is 0 Å². The number of nitrogens with zero attached hydrogens (tertiary/aromatic N) is 3. The molecule has 0 bridgehead atoms. The number of amides is 1. The van der Waals surface area contributed by atoms with Crippen LogP contribution in [0, 0.1) is 0 Å². The average molecular weight is 417 g/mol. The Kier molecular flexibility index (Phi) is 5.54. The van der Waals surface area contributed by atoms with Crippen molar-refractivity contribution in [1.29, 1.82) is 0 Å². The minimum Gasteiger partial charge on any atom is -0.327 e. The number of Topliss-reactive ketones (excluding diaryl/α,β-unsaturated/α-hetero) is 1. The van der Waals surface area contributed by atoms with E-state index in [2.05, 4.69) is 10.4 Å². The predicted octanol–water partition coefficient (Wildman–Crippen LogP) is 3.79. The van der Waals surface area contributed by atoms with Gasteiger partial charge in [0.1, 0.15) is 11.5 Å². The number of aromatic nitrogens is 2. The van der Waals surface area contributed by atoms with Gasteiger partial charge in [0.25, 0.3) is 5.91 Å². The summed E-state index contributed by atoms with van der Waals surface area (Å²) < 4.78 is 1.74. The molecule has 2 aromatic carbocycles. The number of aryl methyl sites for hydroxylation is 1. The zero-order chi connectivity index (χ0) is 21.1. The van der Waals surface area contributed by atoms with Crippen LogP contribution in [0.1, 0.15) is 18.9 Å². The summed E-state index contributed by atoms with van der Waals surface area (Å²) in [6.45, 7) is 2.04. The molecule has 0 aliphatic carbocycles. The molecule has 6 nitrogen and oxygen atoms in total. The van der Waals surface area contributed by atoms with Gasteiger partial charge in [-0.1, -0.05) is 48.5 Å². The van der Waals surface area contributed by atoms with Crippen molar-refractivity contribution in [3.63, 3.8) is 0 Å². The summed E-state index contributed by atoms with van der Waals surface area (Å²) in [5.74, 6) is -0.121. The smallest absolute Gasteiger partial charge is 0.281 e. The van der Waals surface area contributed by atoms with E-state index < -0.39 is 0 Å². The van der Waals surface area contributed by atoms with Gasteiger partial charge in [-0.15, -0.1) is 0 Å². The van der Waals surface area contributed by atoms with E-state index in [-0.39, 0.29) is 11.7 Å². The molecule has 0 unspecified atom stereocenters. The Bertz CT molecular complexity index is 1140. The van der Waals surface area contributed by atoms with Crippen molar-refractivity contribution in [1.82, 2.24) is 15.1 Å². The van der Waals surface area contributed by atoms with Gasteiger partial charge in [0.15, 0.2) is 5.11 Å². The van der Waals surface area contributed by atoms with Gasteiger partial charge in [-0.05, 0) is 37.4 Å². The Hall–Kier alpha value is -3.58. The Morgan fingerprint density at radius 3 is 2.43 bits per heavy atom. The summed E-state index contributed by atoms with van der Waals surface area (Å²) >= 11 is 5.39. The molecule has 0 atom stereocenters.